The zero-order chi connectivity index (χ0) is 20.6. The van der Waals surface area contributed by atoms with Gasteiger partial charge in [-0.2, -0.15) is 0 Å². The van der Waals surface area contributed by atoms with Gasteiger partial charge >= 0.3 is 5.97 Å². The van der Waals surface area contributed by atoms with E-state index in [1.54, 1.807) is 38.1 Å². The van der Waals surface area contributed by atoms with Crippen LogP contribution in [0.2, 0.25) is 0 Å². The summed E-state index contributed by atoms with van der Waals surface area (Å²) in [5.41, 5.74) is 0.885. The van der Waals surface area contributed by atoms with Crippen molar-refractivity contribution in [1.29, 1.82) is 0 Å². The van der Waals surface area contributed by atoms with Crippen LogP contribution in [0.3, 0.4) is 0 Å². The van der Waals surface area contributed by atoms with Crippen molar-refractivity contribution in [3.63, 3.8) is 0 Å². The third-order valence-corrected chi connectivity index (χ3v) is 5.61. The molecule has 1 aromatic carbocycles. The van der Waals surface area contributed by atoms with Gasteiger partial charge in [0.1, 0.15) is 15.7 Å². The molecule has 1 amide bonds. The zero-order valence-electron chi connectivity index (χ0n) is 15.3. The Hall–Kier alpha value is -3.33. The fourth-order valence-corrected chi connectivity index (χ4v) is 3.76. The first-order valence-corrected chi connectivity index (χ1v) is 9.17. The number of fused-ring (bicyclic) bond motifs is 1. The SMILES string of the molecule is CC(=O)c1ccc(NC(=O)C(C)n2cnc3sc(C(=O)O)c(C)c3c2=O)cc1. The minimum Gasteiger partial charge on any atom is -0.477 e. The first-order valence-electron chi connectivity index (χ1n) is 8.36. The summed E-state index contributed by atoms with van der Waals surface area (Å²) >= 11 is 0.929. The second-order valence-electron chi connectivity index (χ2n) is 6.30. The Labute approximate surface area is 163 Å². The number of aryl methyl sites for hydroxylation is 1. The molecular weight excluding hydrogens is 382 g/mol. The van der Waals surface area contributed by atoms with E-state index in [4.69, 9.17) is 0 Å². The molecule has 2 aromatic heterocycles. The fraction of sp³-hybridized carbons (Fsp3) is 0.211. The van der Waals surface area contributed by atoms with Crippen molar-refractivity contribution >= 4 is 44.9 Å². The zero-order valence-corrected chi connectivity index (χ0v) is 16.2. The molecule has 2 heterocycles. The molecule has 0 aliphatic rings. The van der Waals surface area contributed by atoms with E-state index in [-0.39, 0.29) is 16.0 Å². The number of thiophene rings is 1. The maximum absolute atomic E-state index is 12.8. The molecule has 0 saturated heterocycles. The number of amides is 1. The molecule has 0 bridgehead atoms. The molecule has 3 aromatic rings. The number of carboxylic acid groups (broad SMARTS) is 1. The predicted octanol–water partition coefficient (Wildman–Crippen LogP) is 2.87. The van der Waals surface area contributed by atoms with Crippen molar-refractivity contribution in [3.05, 3.63) is 57.0 Å². The van der Waals surface area contributed by atoms with Gasteiger partial charge in [0.15, 0.2) is 5.78 Å². The standard InChI is InChI=1S/C19H17N3O5S/c1-9-14-17(28-15(9)19(26)27)20-8-22(18(14)25)10(2)16(24)21-13-6-4-12(5-7-13)11(3)23/h4-8,10H,1-3H3,(H,21,24)(H,26,27). The summed E-state index contributed by atoms with van der Waals surface area (Å²) in [6.45, 7) is 4.55. The first kappa shape index (κ1) is 19.4. The van der Waals surface area contributed by atoms with Crippen LogP contribution in [-0.4, -0.2) is 32.3 Å². The van der Waals surface area contributed by atoms with Crippen LogP contribution in [0.4, 0.5) is 5.69 Å². The number of benzene rings is 1. The van der Waals surface area contributed by atoms with Crippen molar-refractivity contribution in [1.82, 2.24) is 9.55 Å². The number of carbonyl (C=O) groups is 3. The van der Waals surface area contributed by atoms with Crippen LogP contribution in [0.25, 0.3) is 10.2 Å². The lowest BCUT2D eigenvalue weighted by Gasteiger charge is -2.15. The molecule has 0 fully saturated rings. The lowest BCUT2D eigenvalue weighted by Crippen LogP contribution is -2.31. The number of carboxylic acids is 1. The summed E-state index contributed by atoms with van der Waals surface area (Å²) in [6.07, 6.45) is 1.25. The summed E-state index contributed by atoms with van der Waals surface area (Å²) in [5, 5.41) is 12.1. The quantitative estimate of drug-likeness (QED) is 0.637. The molecule has 0 aliphatic heterocycles. The lowest BCUT2D eigenvalue weighted by molar-refractivity contribution is -0.118. The second-order valence-corrected chi connectivity index (χ2v) is 7.30. The van der Waals surface area contributed by atoms with Gasteiger partial charge in [0, 0.05) is 11.3 Å². The third kappa shape index (κ3) is 3.44. The Morgan fingerprint density at radius 1 is 1.21 bits per heavy atom. The molecular formula is C19H17N3O5S. The highest BCUT2D eigenvalue weighted by molar-refractivity contribution is 7.20. The van der Waals surface area contributed by atoms with E-state index >= 15 is 0 Å². The number of nitrogens with zero attached hydrogens (tertiary/aromatic N) is 2. The molecule has 8 nitrogen and oxygen atoms in total. The van der Waals surface area contributed by atoms with E-state index in [1.165, 1.54) is 17.8 Å². The smallest absolute Gasteiger partial charge is 0.346 e. The Balaban J connectivity index is 1.91. The Morgan fingerprint density at radius 2 is 1.86 bits per heavy atom. The number of aromatic carboxylic acids is 1. The van der Waals surface area contributed by atoms with Crippen LogP contribution >= 0.6 is 11.3 Å². The number of hydrogen-bond donors (Lipinski definition) is 2. The normalized spacial score (nSPS) is 12.0. The minimum atomic E-state index is -1.12. The van der Waals surface area contributed by atoms with Gasteiger partial charge in [-0.3, -0.25) is 19.0 Å². The molecule has 9 heteroatoms. The largest absolute Gasteiger partial charge is 0.477 e. The van der Waals surface area contributed by atoms with Gasteiger partial charge in [-0.15, -0.1) is 11.3 Å². The van der Waals surface area contributed by atoms with Crippen LogP contribution in [0.15, 0.2) is 35.4 Å². The molecule has 2 N–H and O–H groups in total. The van der Waals surface area contributed by atoms with E-state index in [0.717, 1.165) is 11.3 Å². The van der Waals surface area contributed by atoms with Gasteiger partial charge < -0.3 is 10.4 Å². The Kier molecular flexibility index (Phi) is 5.10. The topological polar surface area (TPSA) is 118 Å². The Morgan fingerprint density at radius 3 is 2.43 bits per heavy atom. The summed E-state index contributed by atoms with van der Waals surface area (Å²) in [6, 6.07) is 5.54. The number of aromatic nitrogens is 2. The molecule has 0 spiro atoms. The highest BCUT2D eigenvalue weighted by Gasteiger charge is 2.22. The number of hydrogen-bond acceptors (Lipinski definition) is 6. The molecule has 0 aliphatic carbocycles. The van der Waals surface area contributed by atoms with E-state index < -0.39 is 23.5 Å². The minimum absolute atomic E-state index is 0.0556. The van der Waals surface area contributed by atoms with Crippen molar-refractivity contribution < 1.29 is 19.5 Å². The number of nitrogens with one attached hydrogen (secondary N) is 1. The van der Waals surface area contributed by atoms with Crippen LogP contribution < -0.4 is 10.9 Å². The predicted molar refractivity (Wildman–Crippen MR) is 105 cm³/mol. The van der Waals surface area contributed by atoms with Crippen molar-refractivity contribution in [2.45, 2.75) is 26.8 Å². The van der Waals surface area contributed by atoms with E-state index in [9.17, 15) is 24.3 Å². The average Bonchev–Trinajstić information content (AvgIpc) is 2.99. The molecule has 1 atom stereocenters. The lowest BCUT2D eigenvalue weighted by atomic mass is 10.1. The van der Waals surface area contributed by atoms with Crippen LogP contribution in [-0.2, 0) is 4.79 Å². The van der Waals surface area contributed by atoms with E-state index in [1.807, 2.05) is 0 Å². The molecule has 0 saturated carbocycles. The highest BCUT2D eigenvalue weighted by Crippen LogP contribution is 2.27. The summed E-state index contributed by atoms with van der Waals surface area (Å²) in [7, 11) is 0. The molecule has 28 heavy (non-hydrogen) atoms. The first-order chi connectivity index (χ1) is 13.2. The third-order valence-electron chi connectivity index (χ3n) is 4.43. The van der Waals surface area contributed by atoms with Gasteiger partial charge in [0.05, 0.1) is 11.7 Å². The summed E-state index contributed by atoms with van der Waals surface area (Å²) < 4.78 is 1.17. The number of carbonyl (C=O) groups excluding carboxylic acids is 2. The number of anilines is 1. The monoisotopic (exact) mass is 399 g/mol. The van der Waals surface area contributed by atoms with Gasteiger partial charge in [0.25, 0.3) is 5.56 Å². The summed E-state index contributed by atoms with van der Waals surface area (Å²) in [5.74, 6) is -1.64. The van der Waals surface area contributed by atoms with Gasteiger partial charge in [-0.05, 0) is 50.6 Å². The fourth-order valence-electron chi connectivity index (χ4n) is 2.78. The van der Waals surface area contributed by atoms with Gasteiger partial charge in [0.2, 0.25) is 5.91 Å². The number of rotatable bonds is 5. The summed E-state index contributed by atoms with van der Waals surface area (Å²) in [4.78, 5) is 52.5. The van der Waals surface area contributed by atoms with E-state index in [2.05, 4.69) is 10.3 Å². The maximum Gasteiger partial charge on any atom is 0.346 e. The van der Waals surface area contributed by atoms with Crippen LogP contribution in [0.1, 0.15) is 45.5 Å². The number of ketones is 1. The Bertz CT molecular complexity index is 1160. The second kappa shape index (κ2) is 7.35. The maximum atomic E-state index is 12.8. The molecule has 3 rings (SSSR count). The molecule has 0 radical (unpaired) electrons. The number of Topliss-reactive ketones (excluding diaryl/α,β-unsaturated/α-hetero) is 1. The van der Waals surface area contributed by atoms with Crippen molar-refractivity contribution in [3.8, 4) is 0 Å². The van der Waals surface area contributed by atoms with Gasteiger partial charge in [-0.1, -0.05) is 0 Å². The van der Waals surface area contributed by atoms with Crippen molar-refractivity contribution in [2.75, 3.05) is 5.32 Å². The van der Waals surface area contributed by atoms with Crippen LogP contribution in [0.5, 0.6) is 0 Å². The highest BCUT2D eigenvalue weighted by atomic mass is 32.1. The van der Waals surface area contributed by atoms with Crippen molar-refractivity contribution in [2.24, 2.45) is 0 Å². The molecule has 144 valence electrons. The van der Waals surface area contributed by atoms with Gasteiger partial charge in [-0.25, -0.2) is 9.78 Å². The average molecular weight is 399 g/mol. The van der Waals surface area contributed by atoms with Crippen LogP contribution in [0, 0.1) is 6.92 Å². The molecule has 1 unspecified atom stereocenters. The van der Waals surface area contributed by atoms with E-state index in [0.29, 0.717) is 21.6 Å².